The lowest BCUT2D eigenvalue weighted by atomic mass is 9.79. The van der Waals surface area contributed by atoms with Crippen molar-refractivity contribution in [1.82, 2.24) is 14.4 Å². The Hall–Kier alpha value is -4.22. The summed E-state index contributed by atoms with van der Waals surface area (Å²) in [4.78, 5) is 5.03. The summed E-state index contributed by atoms with van der Waals surface area (Å²) in [6.07, 6.45) is -9.55. The molecule has 5 aromatic rings. The second kappa shape index (κ2) is 13.8. The average Bonchev–Trinajstić information content (AvgIpc) is 3.36. The van der Waals surface area contributed by atoms with Gasteiger partial charge < -0.3 is 23.8 Å². The van der Waals surface area contributed by atoms with E-state index in [0.29, 0.717) is 5.92 Å². The Morgan fingerprint density at radius 3 is 1.40 bits per heavy atom. The molecular weight excluding hydrogens is 656 g/mol. The van der Waals surface area contributed by atoms with Gasteiger partial charge in [0.25, 0.3) is 0 Å². The SMILES string of the molecule is CCN1CCN(CC(C)(C)C(C)Cn2c3ccc(-c4ccc(OC(F)(F)F)cc4)cc3c3cc(-c4ccc(OC(F)(F)F)cc4)ccc32)CC1. The van der Waals surface area contributed by atoms with Gasteiger partial charge in [0.2, 0.25) is 0 Å². The molecule has 1 unspecified atom stereocenters. The summed E-state index contributed by atoms with van der Waals surface area (Å²) in [6, 6.07) is 23.7. The van der Waals surface area contributed by atoms with Crippen molar-refractivity contribution in [2.45, 2.75) is 47.0 Å². The van der Waals surface area contributed by atoms with E-state index in [1.54, 1.807) is 24.3 Å². The molecule has 1 aliphatic rings. The highest BCUT2D eigenvalue weighted by Gasteiger charge is 2.33. The minimum absolute atomic E-state index is 0.0116. The number of halogens is 6. The van der Waals surface area contributed by atoms with Gasteiger partial charge in [0.1, 0.15) is 11.5 Å². The van der Waals surface area contributed by atoms with E-state index in [4.69, 9.17) is 0 Å². The molecule has 0 amide bonds. The molecule has 6 rings (SSSR count). The lowest BCUT2D eigenvalue weighted by Gasteiger charge is -2.41. The number of likely N-dealkylation sites (N-methyl/N-ethyl adjacent to an activating group) is 1. The van der Waals surface area contributed by atoms with Crippen LogP contribution in [0, 0.1) is 11.3 Å². The lowest BCUT2D eigenvalue weighted by molar-refractivity contribution is -0.275. The molecule has 4 aromatic carbocycles. The lowest BCUT2D eigenvalue weighted by Crippen LogP contribution is -2.50. The molecule has 1 atom stereocenters. The number of alkyl halides is 6. The topological polar surface area (TPSA) is 29.9 Å². The van der Waals surface area contributed by atoms with Gasteiger partial charge in [0.15, 0.2) is 0 Å². The van der Waals surface area contributed by atoms with Gasteiger partial charge in [-0.3, -0.25) is 0 Å². The molecule has 0 saturated carbocycles. The number of rotatable bonds is 10. The van der Waals surface area contributed by atoms with Gasteiger partial charge in [-0.05, 0) is 88.7 Å². The van der Waals surface area contributed by atoms with Gasteiger partial charge in [-0.25, -0.2) is 0 Å². The summed E-state index contributed by atoms with van der Waals surface area (Å²) in [5.41, 5.74) is 5.17. The van der Waals surface area contributed by atoms with E-state index in [1.807, 2.05) is 24.3 Å². The van der Waals surface area contributed by atoms with Crippen molar-refractivity contribution >= 4 is 21.8 Å². The van der Waals surface area contributed by atoms with Gasteiger partial charge in [0.05, 0.1) is 0 Å². The van der Waals surface area contributed by atoms with Gasteiger partial charge in [-0.15, -0.1) is 26.3 Å². The molecule has 0 bridgehead atoms. The van der Waals surface area contributed by atoms with Crippen molar-refractivity contribution in [3.63, 3.8) is 0 Å². The van der Waals surface area contributed by atoms with Crippen molar-refractivity contribution in [2.24, 2.45) is 11.3 Å². The Labute approximate surface area is 288 Å². The van der Waals surface area contributed by atoms with E-state index in [-0.39, 0.29) is 16.9 Å². The number of hydrogen-bond donors (Lipinski definition) is 0. The molecule has 0 spiro atoms. The summed E-state index contributed by atoms with van der Waals surface area (Å²) in [6.45, 7) is 16.2. The Morgan fingerprint density at radius 1 is 0.600 bits per heavy atom. The number of piperazine rings is 1. The monoisotopic (exact) mass is 697 g/mol. The van der Waals surface area contributed by atoms with E-state index in [1.165, 1.54) is 24.3 Å². The molecule has 5 nitrogen and oxygen atoms in total. The van der Waals surface area contributed by atoms with Crippen LogP contribution in [0.4, 0.5) is 26.3 Å². The second-order valence-electron chi connectivity index (χ2n) is 13.8. The summed E-state index contributed by atoms with van der Waals surface area (Å²) < 4.78 is 87.0. The smallest absolute Gasteiger partial charge is 0.406 e. The van der Waals surface area contributed by atoms with Crippen LogP contribution in [0.1, 0.15) is 27.7 Å². The molecule has 1 aromatic heterocycles. The Morgan fingerprint density at radius 2 is 1.00 bits per heavy atom. The number of aromatic nitrogens is 1. The average molecular weight is 698 g/mol. The quantitative estimate of drug-likeness (QED) is 0.136. The van der Waals surface area contributed by atoms with Gasteiger partial charge in [0, 0.05) is 61.1 Å². The summed E-state index contributed by atoms with van der Waals surface area (Å²) in [5.74, 6) is -0.287. The Balaban J connectivity index is 1.36. The van der Waals surface area contributed by atoms with Crippen LogP contribution in [0.2, 0.25) is 0 Å². The van der Waals surface area contributed by atoms with Gasteiger partial charge >= 0.3 is 12.7 Å². The molecule has 0 aliphatic carbocycles. The highest BCUT2D eigenvalue weighted by Crippen LogP contribution is 2.39. The molecule has 266 valence electrons. The van der Waals surface area contributed by atoms with Crippen molar-refractivity contribution in [1.29, 1.82) is 0 Å². The first-order chi connectivity index (χ1) is 23.6. The maximum atomic E-state index is 12.8. The fraction of sp³-hybridized carbons (Fsp3) is 0.385. The van der Waals surface area contributed by atoms with E-state index in [2.05, 4.69) is 63.7 Å². The van der Waals surface area contributed by atoms with Crippen molar-refractivity contribution < 1.29 is 35.8 Å². The number of fused-ring (bicyclic) bond motifs is 3. The zero-order chi connectivity index (χ0) is 35.8. The number of ether oxygens (including phenoxy) is 2. The first-order valence-corrected chi connectivity index (χ1v) is 16.8. The third-order valence-electron chi connectivity index (χ3n) is 10.0. The highest BCUT2D eigenvalue weighted by molar-refractivity contribution is 6.10. The zero-order valence-electron chi connectivity index (χ0n) is 28.5. The largest absolute Gasteiger partial charge is 0.573 e. The first kappa shape index (κ1) is 35.6. The maximum Gasteiger partial charge on any atom is 0.573 e. The van der Waals surface area contributed by atoms with Crippen LogP contribution in [0.5, 0.6) is 11.5 Å². The predicted molar refractivity (Wildman–Crippen MR) is 185 cm³/mol. The fourth-order valence-corrected chi connectivity index (χ4v) is 6.87. The molecule has 1 aliphatic heterocycles. The molecule has 1 saturated heterocycles. The Bertz CT molecular complexity index is 1810. The predicted octanol–water partition coefficient (Wildman–Crippen LogP) is 10.2. The van der Waals surface area contributed by atoms with E-state index < -0.39 is 12.7 Å². The minimum Gasteiger partial charge on any atom is -0.406 e. The number of benzene rings is 4. The molecule has 0 radical (unpaired) electrons. The third kappa shape index (κ3) is 8.21. The maximum absolute atomic E-state index is 12.8. The summed E-state index contributed by atoms with van der Waals surface area (Å²) >= 11 is 0. The van der Waals surface area contributed by atoms with Crippen molar-refractivity contribution in [3.8, 4) is 33.8 Å². The van der Waals surface area contributed by atoms with Crippen LogP contribution in [-0.2, 0) is 6.54 Å². The number of nitrogens with zero attached hydrogens (tertiary/aromatic N) is 3. The number of hydrogen-bond acceptors (Lipinski definition) is 4. The van der Waals surface area contributed by atoms with E-state index >= 15 is 0 Å². The van der Waals surface area contributed by atoms with Crippen LogP contribution in [0.25, 0.3) is 44.1 Å². The highest BCUT2D eigenvalue weighted by atomic mass is 19.4. The first-order valence-electron chi connectivity index (χ1n) is 16.8. The molecule has 0 N–H and O–H groups in total. The van der Waals surface area contributed by atoms with Crippen LogP contribution < -0.4 is 9.47 Å². The van der Waals surface area contributed by atoms with Crippen LogP contribution in [-0.4, -0.2) is 66.4 Å². The van der Waals surface area contributed by atoms with Crippen molar-refractivity contribution in [2.75, 3.05) is 39.3 Å². The normalized spacial score (nSPS) is 15.9. The molecule has 11 heteroatoms. The molecule has 1 fully saturated rings. The standard InChI is InChI=1S/C39H41F6N3O2/c1-5-46-18-20-47(21-19-46)25-37(3,4)26(2)24-48-35-16-10-29(27-6-12-31(13-7-27)49-38(40,41)42)22-33(35)34-23-30(11-17-36(34)48)28-8-14-32(15-9-28)50-39(43,44)45/h6-17,22-23,26H,5,18-21,24-25H2,1-4H3. The molecule has 2 heterocycles. The molecule has 50 heavy (non-hydrogen) atoms. The fourth-order valence-electron chi connectivity index (χ4n) is 6.87. The van der Waals surface area contributed by atoms with E-state index in [9.17, 15) is 26.3 Å². The second-order valence-corrected chi connectivity index (χ2v) is 13.8. The van der Waals surface area contributed by atoms with Crippen LogP contribution in [0.3, 0.4) is 0 Å². The minimum atomic E-state index is -4.78. The van der Waals surface area contributed by atoms with Gasteiger partial charge in [-0.2, -0.15) is 0 Å². The van der Waals surface area contributed by atoms with Crippen LogP contribution in [0.15, 0.2) is 84.9 Å². The molecular formula is C39H41F6N3O2. The summed E-state index contributed by atoms with van der Waals surface area (Å²) in [7, 11) is 0. The van der Waals surface area contributed by atoms with Crippen LogP contribution >= 0.6 is 0 Å². The summed E-state index contributed by atoms with van der Waals surface area (Å²) in [5, 5.41) is 1.93. The third-order valence-corrected chi connectivity index (χ3v) is 10.0. The Kier molecular flexibility index (Phi) is 9.85. The van der Waals surface area contributed by atoms with Crippen molar-refractivity contribution in [3.05, 3.63) is 84.9 Å². The van der Waals surface area contributed by atoms with Gasteiger partial charge in [-0.1, -0.05) is 64.1 Å². The van der Waals surface area contributed by atoms with E-state index in [0.717, 1.165) is 89.9 Å². The zero-order valence-corrected chi connectivity index (χ0v) is 28.5.